The molecule has 0 saturated heterocycles. The molecule has 3 aromatic carbocycles. The van der Waals surface area contributed by atoms with E-state index in [9.17, 15) is 22.0 Å². The van der Waals surface area contributed by atoms with Crippen molar-refractivity contribution in [1.82, 2.24) is 0 Å². The Morgan fingerprint density at radius 2 is 1.75 bits per heavy atom. The second-order valence-electron chi connectivity index (χ2n) is 7.15. The van der Waals surface area contributed by atoms with Gasteiger partial charge in [0, 0.05) is 5.02 Å². The number of nitrogens with zero attached hydrogens (tertiary/aromatic N) is 1. The molecular formula is C22H17ClF2N2O4S. The number of para-hydroxylation sites is 1. The van der Waals surface area contributed by atoms with Crippen LogP contribution in [-0.2, 0) is 14.8 Å². The predicted octanol–water partition coefficient (Wildman–Crippen LogP) is 4.52. The Morgan fingerprint density at radius 1 is 1.09 bits per heavy atom. The fourth-order valence-corrected chi connectivity index (χ4v) is 4.88. The molecule has 1 N–H and O–H groups in total. The Bertz CT molecular complexity index is 1280. The van der Waals surface area contributed by atoms with Gasteiger partial charge in [-0.3, -0.25) is 9.10 Å². The molecule has 1 aliphatic heterocycles. The van der Waals surface area contributed by atoms with E-state index in [2.05, 4.69) is 5.32 Å². The number of benzene rings is 3. The summed E-state index contributed by atoms with van der Waals surface area (Å²) in [4.78, 5) is 12.8. The fourth-order valence-electron chi connectivity index (χ4n) is 3.25. The molecular weight excluding hydrogens is 462 g/mol. The number of ether oxygens (including phenoxy) is 1. The van der Waals surface area contributed by atoms with Gasteiger partial charge in [-0.25, -0.2) is 17.2 Å². The van der Waals surface area contributed by atoms with Crippen molar-refractivity contribution in [1.29, 1.82) is 0 Å². The summed E-state index contributed by atoms with van der Waals surface area (Å²) in [6.07, 6.45) is -1.37. The van der Waals surface area contributed by atoms with Crippen molar-refractivity contribution < 1.29 is 26.7 Å². The molecule has 0 radical (unpaired) electrons. The van der Waals surface area contributed by atoms with E-state index in [1.54, 1.807) is 12.1 Å². The lowest BCUT2D eigenvalue weighted by Gasteiger charge is -2.35. The number of carbonyl (C=O) groups is 1. The van der Waals surface area contributed by atoms with Crippen molar-refractivity contribution in [3.05, 3.63) is 82.9 Å². The maximum absolute atomic E-state index is 14.0. The number of anilines is 2. The summed E-state index contributed by atoms with van der Waals surface area (Å²) in [7, 11) is -4.10. The Hall–Kier alpha value is -3.17. The normalized spacial score (nSPS) is 15.6. The van der Waals surface area contributed by atoms with Crippen LogP contribution in [0.5, 0.6) is 5.75 Å². The number of rotatable bonds is 4. The third-order valence-corrected chi connectivity index (χ3v) is 6.93. The average Bonchev–Trinajstić information content (AvgIpc) is 2.75. The Balaban J connectivity index is 1.71. The van der Waals surface area contributed by atoms with E-state index in [1.807, 2.05) is 6.92 Å². The molecule has 32 heavy (non-hydrogen) atoms. The molecule has 0 aliphatic carbocycles. The van der Waals surface area contributed by atoms with Crippen molar-refractivity contribution in [2.24, 2.45) is 0 Å². The van der Waals surface area contributed by atoms with E-state index in [-0.39, 0.29) is 21.4 Å². The Labute approximate surface area is 188 Å². The summed E-state index contributed by atoms with van der Waals surface area (Å²) in [5.74, 6) is -2.75. The molecule has 0 fully saturated rings. The fraction of sp³-hybridized carbons (Fsp3) is 0.136. The molecule has 10 heteroatoms. The zero-order valence-corrected chi connectivity index (χ0v) is 18.3. The predicted molar refractivity (Wildman–Crippen MR) is 117 cm³/mol. The van der Waals surface area contributed by atoms with Gasteiger partial charge in [-0.15, -0.1) is 0 Å². The van der Waals surface area contributed by atoms with E-state index in [1.165, 1.54) is 30.3 Å². The highest BCUT2D eigenvalue weighted by Crippen LogP contribution is 2.39. The van der Waals surface area contributed by atoms with Gasteiger partial charge >= 0.3 is 0 Å². The second-order valence-corrected chi connectivity index (χ2v) is 9.45. The van der Waals surface area contributed by atoms with Gasteiger partial charge in [0.25, 0.3) is 15.9 Å². The average molecular weight is 479 g/mol. The van der Waals surface area contributed by atoms with Crippen LogP contribution >= 0.6 is 11.6 Å². The molecule has 0 aromatic heterocycles. The molecule has 1 atom stereocenters. The summed E-state index contributed by atoms with van der Waals surface area (Å²) in [6, 6.07) is 13.7. The van der Waals surface area contributed by atoms with Gasteiger partial charge in [0.15, 0.2) is 6.10 Å². The van der Waals surface area contributed by atoms with E-state index in [0.29, 0.717) is 0 Å². The van der Waals surface area contributed by atoms with Crippen molar-refractivity contribution in [3.8, 4) is 5.75 Å². The number of halogens is 3. The minimum Gasteiger partial charge on any atom is -0.476 e. The minimum absolute atomic E-state index is 0.00947. The highest BCUT2D eigenvalue weighted by atomic mass is 35.5. The molecule has 0 unspecified atom stereocenters. The molecule has 1 amide bonds. The monoisotopic (exact) mass is 478 g/mol. The van der Waals surface area contributed by atoms with Crippen LogP contribution in [0, 0.1) is 18.6 Å². The molecule has 0 spiro atoms. The highest BCUT2D eigenvalue weighted by Gasteiger charge is 2.38. The van der Waals surface area contributed by atoms with Gasteiger partial charge in [-0.05, 0) is 49.4 Å². The van der Waals surface area contributed by atoms with Crippen LogP contribution in [0.1, 0.15) is 5.56 Å². The Morgan fingerprint density at radius 3 is 2.41 bits per heavy atom. The van der Waals surface area contributed by atoms with Crippen molar-refractivity contribution in [2.45, 2.75) is 17.9 Å². The third-order valence-electron chi connectivity index (χ3n) is 4.90. The van der Waals surface area contributed by atoms with Crippen LogP contribution < -0.4 is 14.4 Å². The standard InChI is InChI=1S/C22H17ClF2N2O4S/c1-13-5-8-15(9-6-13)32(29,30)27-12-20(31-19-10-7-14(23)11-18(19)27)22(28)26-21-16(24)3-2-4-17(21)25/h2-11,20H,12H2,1H3,(H,26,28)/t20-/m0/s1. The maximum Gasteiger partial charge on any atom is 0.267 e. The first-order valence-electron chi connectivity index (χ1n) is 9.47. The van der Waals surface area contributed by atoms with Crippen molar-refractivity contribution >= 4 is 38.9 Å². The highest BCUT2D eigenvalue weighted by molar-refractivity contribution is 7.92. The lowest BCUT2D eigenvalue weighted by Crippen LogP contribution is -2.49. The number of nitrogens with one attached hydrogen (secondary N) is 1. The molecule has 1 aliphatic rings. The number of hydrogen-bond acceptors (Lipinski definition) is 4. The lowest BCUT2D eigenvalue weighted by molar-refractivity contribution is -0.122. The quantitative estimate of drug-likeness (QED) is 0.598. The molecule has 0 saturated carbocycles. The number of sulfonamides is 1. The number of hydrogen-bond donors (Lipinski definition) is 1. The SMILES string of the molecule is Cc1ccc(S(=O)(=O)N2C[C@@H](C(=O)Nc3c(F)cccc3F)Oc3ccc(Cl)cc32)cc1. The van der Waals surface area contributed by atoms with Crippen molar-refractivity contribution in [3.63, 3.8) is 0 Å². The van der Waals surface area contributed by atoms with Gasteiger partial charge in [0.1, 0.15) is 23.1 Å². The van der Waals surface area contributed by atoms with Crippen LogP contribution in [0.2, 0.25) is 5.02 Å². The summed E-state index contributed by atoms with van der Waals surface area (Å²) < 4.78 is 61.4. The van der Waals surface area contributed by atoms with Crippen LogP contribution in [-0.4, -0.2) is 27.0 Å². The van der Waals surface area contributed by atoms with Gasteiger partial charge in [0.2, 0.25) is 0 Å². The second kappa shape index (κ2) is 8.40. The smallest absolute Gasteiger partial charge is 0.267 e. The summed E-state index contributed by atoms with van der Waals surface area (Å²) in [6.45, 7) is 1.40. The molecule has 166 valence electrons. The lowest BCUT2D eigenvalue weighted by atomic mass is 10.2. The zero-order chi connectivity index (χ0) is 23.0. The van der Waals surface area contributed by atoms with E-state index in [0.717, 1.165) is 28.1 Å². The van der Waals surface area contributed by atoms with Gasteiger partial charge in [0.05, 0.1) is 17.1 Å². The van der Waals surface area contributed by atoms with Crippen LogP contribution in [0.25, 0.3) is 0 Å². The number of amides is 1. The van der Waals surface area contributed by atoms with Gasteiger partial charge in [-0.1, -0.05) is 35.4 Å². The van der Waals surface area contributed by atoms with Gasteiger partial charge < -0.3 is 10.1 Å². The topological polar surface area (TPSA) is 75.7 Å². The molecule has 0 bridgehead atoms. The first kappa shape index (κ1) is 22.0. The number of aryl methyl sites for hydroxylation is 1. The number of fused-ring (bicyclic) bond motifs is 1. The largest absolute Gasteiger partial charge is 0.476 e. The summed E-state index contributed by atoms with van der Waals surface area (Å²) in [5.41, 5.74) is 0.383. The zero-order valence-electron chi connectivity index (χ0n) is 16.7. The van der Waals surface area contributed by atoms with Crippen LogP contribution in [0.4, 0.5) is 20.2 Å². The van der Waals surface area contributed by atoms with Crippen molar-refractivity contribution in [2.75, 3.05) is 16.2 Å². The first-order valence-corrected chi connectivity index (χ1v) is 11.3. The van der Waals surface area contributed by atoms with Crippen LogP contribution in [0.3, 0.4) is 0 Å². The maximum atomic E-state index is 14.0. The van der Waals surface area contributed by atoms with E-state index in [4.69, 9.17) is 16.3 Å². The third kappa shape index (κ3) is 4.13. The molecule has 6 nitrogen and oxygen atoms in total. The molecule has 1 heterocycles. The van der Waals surface area contributed by atoms with Crippen LogP contribution in [0.15, 0.2) is 65.6 Å². The number of carbonyl (C=O) groups excluding carboxylic acids is 1. The van der Waals surface area contributed by atoms with E-state index >= 15 is 0 Å². The minimum atomic E-state index is -4.10. The summed E-state index contributed by atoms with van der Waals surface area (Å²) in [5, 5.41) is 2.42. The molecule has 4 rings (SSSR count). The summed E-state index contributed by atoms with van der Waals surface area (Å²) >= 11 is 6.06. The Kier molecular flexibility index (Phi) is 5.79. The first-order chi connectivity index (χ1) is 15.2. The van der Waals surface area contributed by atoms with E-state index < -0.39 is 45.9 Å². The molecule has 3 aromatic rings. The van der Waals surface area contributed by atoms with Gasteiger partial charge in [-0.2, -0.15) is 0 Å².